The Kier molecular flexibility index (Phi) is 9.26. The first-order chi connectivity index (χ1) is 20.3. The standard InChI is InChI=1S/C33H34NO4P.C2H7N/c1-31(2)35-29-30(36-31)33(27-21-13-7-14-22-27,28-23-15-8-16-24-28)38-39(34(3)4)37-32(29,25-17-9-5-10-18-25)26-19-11-6-12-20-26;1-3-2/h5-24,29-30H,1-4H3;3H,1-2H3. The van der Waals surface area contributed by atoms with E-state index in [2.05, 4.69) is 53.8 Å². The van der Waals surface area contributed by atoms with Crippen LogP contribution in [0.5, 0.6) is 0 Å². The minimum atomic E-state index is -1.61. The minimum absolute atomic E-state index is 0.551. The second-order valence-electron chi connectivity index (χ2n) is 11.2. The first-order valence-electron chi connectivity index (χ1n) is 14.3. The molecule has 2 aliphatic heterocycles. The Labute approximate surface area is 251 Å². The van der Waals surface area contributed by atoms with Crippen LogP contribution in [0, 0.1) is 0 Å². The Morgan fingerprint density at radius 1 is 0.548 bits per heavy atom. The molecule has 2 atom stereocenters. The van der Waals surface area contributed by atoms with E-state index in [1.165, 1.54) is 0 Å². The molecule has 6 nitrogen and oxygen atoms in total. The lowest BCUT2D eigenvalue weighted by Crippen LogP contribution is -2.53. The van der Waals surface area contributed by atoms with Crippen LogP contribution >= 0.6 is 8.53 Å². The quantitative estimate of drug-likeness (QED) is 0.254. The van der Waals surface area contributed by atoms with E-state index in [1.807, 2.05) is 120 Å². The Morgan fingerprint density at radius 3 is 1.05 bits per heavy atom. The summed E-state index contributed by atoms with van der Waals surface area (Å²) in [6, 6.07) is 41.4. The van der Waals surface area contributed by atoms with Gasteiger partial charge in [-0.2, -0.15) is 0 Å². The van der Waals surface area contributed by atoms with E-state index in [0.717, 1.165) is 22.3 Å². The summed E-state index contributed by atoms with van der Waals surface area (Å²) >= 11 is 0. The molecule has 0 saturated carbocycles. The summed E-state index contributed by atoms with van der Waals surface area (Å²) < 4.78 is 30.5. The fourth-order valence-corrected chi connectivity index (χ4v) is 7.32. The van der Waals surface area contributed by atoms with Crippen molar-refractivity contribution in [2.75, 3.05) is 28.2 Å². The summed E-state index contributed by atoms with van der Waals surface area (Å²) in [5, 5.41) is 2.75. The van der Waals surface area contributed by atoms with Crippen LogP contribution in [0.2, 0.25) is 0 Å². The fourth-order valence-electron chi connectivity index (χ4n) is 5.83. The van der Waals surface area contributed by atoms with Crippen LogP contribution in [-0.4, -0.2) is 50.9 Å². The van der Waals surface area contributed by atoms with Gasteiger partial charge in [0.25, 0.3) is 8.53 Å². The number of ether oxygens (including phenoxy) is 2. The van der Waals surface area contributed by atoms with Crippen LogP contribution in [0.1, 0.15) is 36.1 Å². The van der Waals surface area contributed by atoms with E-state index in [4.69, 9.17) is 18.5 Å². The molecule has 0 bridgehead atoms. The van der Waals surface area contributed by atoms with Crippen molar-refractivity contribution in [1.82, 2.24) is 9.99 Å². The molecule has 0 aliphatic carbocycles. The third-order valence-electron chi connectivity index (χ3n) is 7.48. The first-order valence-corrected chi connectivity index (χ1v) is 15.4. The molecule has 7 heteroatoms. The lowest BCUT2D eigenvalue weighted by molar-refractivity contribution is -0.175. The van der Waals surface area contributed by atoms with Crippen molar-refractivity contribution in [1.29, 1.82) is 0 Å². The summed E-state index contributed by atoms with van der Waals surface area (Å²) in [4.78, 5) is 0. The molecule has 2 saturated heterocycles. The maximum absolute atomic E-state index is 7.30. The highest BCUT2D eigenvalue weighted by Crippen LogP contribution is 2.65. The van der Waals surface area contributed by atoms with Crippen LogP contribution in [-0.2, 0) is 29.7 Å². The Bertz CT molecular complexity index is 1220. The van der Waals surface area contributed by atoms with Gasteiger partial charge in [0.1, 0.15) is 12.2 Å². The number of rotatable bonds is 5. The van der Waals surface area contributed by atoms with Crippen LogP contribution < -0.4 is 5.32 Å². The van der Waals surface area contributed by atoms with E-state index in [-0.39, 0.29) is 0 Å². The van der Waals surface area contributed by atoms with Crippen LogP contribution in [0.3, 0.4) is 0 Å². The highest BCUT2D eigenvalue weighted by molar-refractivity contribution is 7.44. The second kappa shape index (κ2) is 12.7. The monoisotopic (exact) mass is 584 g/mol. The third kappa shape index (κ3) is 5.57. The van der Waals surface area contributed by atoms with E-state index < -0.39 is 37.7 Å². The highest BCUT2D eigenvalue weighted by Gasteiger charge is 2.67. The van der Waals surface area contributed by atoms with Gasteiger partial charge in [-0.1, -0.05) is 121 Å². The number of fused-ring (bicyclic) bond motifs is 1. The van der Waals surface area contributed by atoms with Gasteiger partial charge in [-0.05, 0) is 64.3 Å². The van der Waals surface area contributed by atoms with E-state index >= 15 is 0 Å². The number of hydrogen-bond donors (Lipinski definition) is 1. The summed E-state index contributed by atoms with van der Waals surface area (Å²) in [6.45, 7) is 3.94. The Morgan fingerprint density at radius 2 is 0.810 bits per heavy atom. The summed E-state index contributed by atoms with van der Waals surface area (Å²) in [5.74, 6) is -0.885. The summed E-state index contributed by atoms with van der Waals surface area (Å²) in [5.41, 5.74) is 1.93. The molecule has 6 rings (SSSR count). The third-order valence-corrected chi connectivity index (χ3v) is 9.02. The zero-order valence-corrected chi connectivity index (χ0v) is 26.1. The minimum Gasteiger partial charge on any atom is -0.341 e. The topological polar surface area (TPSA) is 52.2 Å². The van der Waals surface area contributed by atoms with Crippen molar-refractivity contribution in [2.24, 2.45) is 0 Å². The van der Waals surface area contributed by atoms with Gasteiger partial charge in [0, 0.05) is 0 Å². The molecule has 4 aromatic carbocycles. The molecule has 0 radical (unpaired) electrons. The van der Waals surface area contributed by atoms with Gasteiger partial charge in [-0.15, -0.1) is 0 Å². The molecule has 2 fully saturated rings. The first kappa shape index (κ1) is 30.5. The van der Waals surface area contributed by atoms with Gasteiger partial charge >= 0.3 is 0 Å². The number of nitrogens with zero attached hydrogens (tertiary/aromatic N) is 1. The molecule has 220 valence electrons. The predicted octanol–water partition coefficient (Wildman–Crippen LogP) is 7.07. The van der Waals surface area contributed by atoms with Crippen molar-refractivity contribution < 1.29 is 18.5 Å². The highest BCUT2D eigenvalue weighted by atomic mass is 31.2. The van der Waals surface area contributed by atoms with E-state index in [0.29, 0.717) is 0 Å². The second-order valence-corrected chi connectivity index (χ2v) is 12.8. The van der Waals surface area contributed by atoms with E-state index in [1.54, 1.807) is 0 Å². The van der Waals surface area contributed by atoms with Crippen molar-refractivity contribution in [2.45, 2.75) is 43.0 Å². The van der Waals surface area contributed by atoms with Gasteiger partial charge in [0.05, 0.1) is 0 Å². The SMILES string of the molecule is CN(C)P1OC(c2ccccc2)(c2ccccc2)C2OC(C)(C)OC2C(c2ccccc2)(c2ccccc2)O1.CNC. The van der Waals surface area contributed by atoms with Gasteiger partial charge in [-0.3, -0.25) is 0 Å². The van der Waals surface area contributed by atoms with Crippen molar-refractivity contribution in [3.05, 3.63) is 144 Å². The zero-order valence-electron chi connectivity index (χ0n) is 25.2. The molecular formula is C35H41N2O4P. The molecule has 0 aromatic heterocycles. The number of hydrogen-bond acceptors (Lipinski definition) is 6. The lowest BCUT2D eigenvalue weighted by atomic mass is 9.72. The van der Waals surface area contributed by atoms with E-state index in [9.17, 15) is 0 Å². The number of nitrogens with one attached hydrogen (secondary N) is 1. The van der Waals surface area contributed by atoms with Crippen LogP contribution in [0.4, 0.5) is 0 Å². The molecule has 4 aromatic rings. The van der Waals surface area contributed by atoms with Crippen molar-refractivity contribution in [3.63, 3.8) is 0 Å². The maximum Gasteiger partial charge on any atom is 0.260 e. The molecule has 2 heterocycles. The smallest absolute Gasteiger partial charge is 0.260 e. The Hall–Kier alpha value is -2.93. The largest absolute Gasteiger partial charge is 0.341 e. The predicted molar refractivity (Wildman–Crippen MR) is 169 cm³/mol. The molecule has 0 spiro atoms. The molecular weight excluding hydrogens is 543 g/mol. The average Bonchev–Trinajstić information content (AvgIpc) is 3.29. The molecule has 2 aliphatic rings. The normalized spacial score (nSPS) is 23.7. The van der Waals surface area contributed by atoms with Gasteiger partial charge < -0.3 is 23.8 Å². The van der Waals surface area contributed by atoms with Crippen LogP contribution in [0.15, 0.2) is 121 Å². The van der Waals surface area contributed by atoms with Crippen molar-refractivity contribution in [3.8, 4) is 0 Å². The van der Waals surface area contributed by atoms with Gasteiger partial charge in [0.2, 0.25) is 0 Å². The summed E-state index contributed by atoms with van der Waals surface area (Å²) in [7, 11) is 6.14. The molecule has 42 heavy (non-hydrogen) atoms. The lowest BCUT2D eigenvalue weighted by Gasteiger charge is -2.41. The summed E-state index contributed by atoms with van der Waals surface area (Å²) in [6.07, 6.45) is -1.10. The molecule has 1 N–H and O–H groups in total. The average molecular weight is 585 g/mol. The maximum atomic E-state index is 7.30. The molecule has 2 unspecified atom stereocenters. The fraction of sp³-hybridized carbons (Fsp3) is 0.314. The number of benzene rings is 4. The van der Waals surface area contributed by atoms with Gasteiger partial charge in [0.15, 0.2) is 17.0 Å². The van der Waals surface area contributed by atoms with Crippen LogP contribution in [0.25, 0.3) is 0 Å². The Balaban J connectivity index is 0.00000113. The zero-order chi connectivity index (χ0) is 29.8. The van der Waals surface area contributed by atoms with Gasteiger partial charge in [-0.25, -0.2) is 4.67 Å². The molecule has 0 amide bonds. The van der Waals surface area contributed by atoms with Crippen molar-refractivity contribution >= 4 is 8.53 Å².